The maximum atomic E-state index is 10.5. The molecule has 3 unspecified atom stereocenters. The third-order valence-corrected chi connectivity index (χ3v) is 7.90. The van der Waals surface area contributed by atoms with E-state index in [1.165, 1.54) is 36.8 Å². The first kappa shape index (κ1) is 17.3. The summed E-state index contributed by atoms with van der Waals surface area (Å²) in [5, 5.41) is 10.5. The van der Waals surface area contributed by atoms with Gasteiger partial charge in [0.05, 0.1) is 6.10 Å². The van der Waals surface area contributed by atoms with Gasteiger partial charge in [-0.3, -0.25) is 0 Å². The average Bonchev–Trinajstić information content (AvgIpc) is 3.01. The molecule has 2 fully saturated rings. The van der Waals surface area contributed by atoms with Crippen molar-refractivity contribution in [1.29, 1.82) is 0 Å². The van der Waals surface area contributed by atoms with Crippen LogP contribution in [0.3, 0.4) is 0 Å². The minimum absolute atomic E-state index is 0.0846. The van der Waals surface area contributed by atoms with Gasteiger partial charge in [0.25, 0.3) is 0 Å². The summed E-state index contributed by atoms with van der Waals surface area (Å²) in [6.45, 7) is 2.98. The van der Waals surface area contributed by atoms with Crippen LogP contribution in [0.15, 0.2) is 48.5 Å². The Morgan fingerprint density at radius 2 is 1.89 bits per heavy atom. The van der Waals surface area contributed by atoms with Crippen LogP contribution in [0.2, 0.25) is 0 Å². The molecule has 2 aromatic carbocycles. The lowest BCUT2D eigenvalue weighted by atomic mass is 9.55. The lowest BCUT2D eigenvalue weighted by Crippen LogP contribution is -2.43. The number of fused-ring (bicyclic) bond motifs is 5. The van der Waals surface area contributed by atoms with E-state index in [2.05, 4.69) is 49.4 Å². The van der Waals surface area contributed by atoms with Crippen molar-refractivity contribution < 1.29 is 9.84 Å². The second-order valence-corrected chi connectivity index (χ2v) is 9.19. The monoisotopic (exact) mass is 362 g/mol. The molecule has 0 amide bonds. The molecule has 0 aliphatic heterocycles. The van der Waals surface area contributed by atoms with Crippen molar-refractivity contribution in [3.63, 3.8) is 0 Å². The highest BCUT2D eigenvalue weighted by atomic mass is 16.5. The highest BCUT2D eigenvalue weighted by Crippen LogP contribution is 2.60. The van der Waals surface area contributed by atoms with Crippen LogP contribution in [-0.2, 0) is 13.0 Å². The summed E-state index contributed by atoms with van der Waals surface area (Å²) in [6.07, 6.45) is 6.96. The molecule has 0 bridgehead atoms. The maximum Gasteiger partial charge on any atom is 0.120 e. The van der Waals surface area contributed by atoms with Gasteiger partial charge in [0.1, 0.15) is 12.4 Å². The standard InChI is InChI=1S/C25H30O2/c1-25-14-13-21-20-10-8-19(27-16-17-5-3-2-4-6-17)15-18(20)7-9-22(21)23(25)11-12-24(25)26/h2-6,8,10,15,21-24,26H,7,9,11-14,16H2,1H3/t21?,22?,23?,24-,25+/m1/s1. The number of aliphatic hydroxyl groups is 1. The minimum Gasteiger partial charge on any atom is -0.489 e. The number of hydrogen-bond donors (Lipinski definition) is 1. The van der Waals surface area contributed by atoms with Crippen molar-refractivity contribution in [2.75, 3.05) is 0 Å². The molecule has 0 radical (unpaired) electrons. The van der Waals surface area contributed by atoms with Gasteiger partial charge in [-0.25, -0.2) is 0 Å². The first-order valence-electron chi connectivity index (χ1n) is 10.6. The van der Waals surface area contributed by atoms with E-state index in [9.17, 15) is 5.11 Å². The zero-order valence-electron chi connectivity index (χ0n) is 16.2. The lowest BCUT2D eigenvalue weighted by Gasteiger charge is -2.50. The molecule has 5 atom stereocenters. The first-order valence-corrected chi connectivity index (χ1v) is 10.6. The molecule has 0 heterocycles. The number of hydrogen-bond acceptors (Lipinski definition) is 2. The van der Waals surface area contributed by atoms with Gasteiger partial charge in [0, 0.05) is 0 Å². The van der Waals surface area contributed by atoms with Crippen LogP contribution in [0.25, 0.3) is 0 Å². The van der Waals surface area contributed by atoms with Gasteiger partial charge < -0.3 is 9.84 Å². The lowest BCUT2D eigenvalue weighted by molar-refractivity contribution is -0.0226. The fraction of sp³-hybridized carbons (Fsp3) is 0.520. The van der Waals surface area contributed by atoms with E-state index >= 15 is 0 Å². The molecule has 142 valence electrons. The normalized spacial score (nSPS) is 34.4. The molecule has 3 aliphatic carbocycles. The summed E-state index contributed by atoms with van der Waals surface area (Å²) in [5.74, 6) is 3.13. The van der Waals surface area contributed by atoms with E-state index in [-0.39, 0.29) is 11.5 Å². The van der Waals surface area contributed by atoms with E-state index in [4.69, 9.17) is 4.74 Å². The smallest absolute Gasteiger partial charge is 0.120 e. The van der Waals surface area contributed by atoms with Crippen LogP contribution in [0.4, 0.5) is 0 Å². The quantitative estimate of drug-likeness (QED) is 0.783. The Balaban J connectivity index is 1.34. The van der Waals surface area contributed by atoms with Gasteiger partial charge in [0.15, 0.2) is 0 Å². The number of aliphatic hydroxyl groups excluding tert-OH is 1. The summed E-state index contributed by atoms with van der Waals surface area (Å²) >= 11 is 0. The summed E-state index contributed by atoms with van der Waals surface area (Å²) in [6, 6.07) is 17.2. The average molecular weight is 363 g/mol. The van der Waals surface area contributed by atoms with Gasteiger partial charge in [-0.05, 0) is 90.5 Å². The molecule has 0 spiro atoms. The van der Waals surface area contributed by atoms with E-state index in [0.29, 0.717) is 18.4 Å². The minimum atomic E-state index is -0.0846. The zero-order valence-corrected chi connectivity index (χ0v) is 16.2. The van der Waals surface area contributed by atoms with Crippen LogP contribution in [-0.4, -0.2) is 11.2 Å². The maximum absolute atomic E-state index is 10.5. The molecule has 5 rings (SSSR count). The largest absolute Gasteiger partial charge is 0.489 e. The van der Waals surface area contributed by atoms with E-state index < -0.39 is 0 Å². The Kier molecular flexibility index (Phi) is 4.27. The molecule has 2 aromatic rings. The van der Waals surface area contributed by atoms with E-state index in [1.807, 2.05) is 6.07 Å². The summed E-state index contributed by atoms with van der Waals surface area (Å²) in [4.78, 5) is 0. The zero-order chi connectivity index (χ0) is 18.4. The van der Waals surface area contributed by atoms with Crippen molar-refractivity contribution in [2.45, 2.75) is 64.1 Å². The van der Waals surface area contributed by atoms with Crippen molar-refractivity contribution in [3.05, 3.63) is 65.2 Å². The molecule has 2 nitrogen and oxygen atoms in total. The van der Waals surface area contributed by atoms with Crippen LogP contribution in [0.5, 0.6) is 5.75 Å². The second kappa shape index (κ2) is 6.67. The summed E-state index contributed by atoms with van der Waals surface area (Å²) < 4.78 is 6.06. The number of ether oxygens (including phenoxy) is 1. The van der Waals surface area contributed by atoms with Crippen molar-refractivity contribution in [1.82, 2.24) is 0 Å². The fourth-order valence-electron chi connectivity index (χ4n) is 6.36. The third-order valence-electron chi connectivity index (χ3n) is 7.90. The Morgan fingerprint density at radius 3 is 2.74 bits per heavy atom. The van der Waals surface area contributed by atoms with Crippen LogP contribution in [0, 0.1) is 17.3 Å². The summed E-state index contributed by atoms with van der Waals surface area (Å²) in [7, 11) is 0. The fourth-order valence-corrected chi connectivity index (χ4v) is 6.36. The molecule has 1 N–H and O–H groups in total. The third kappa shape index (κ3) is 2.89. The Morgan fingerprint density at radius 1 is 1.04 bits per heavy atom. The molecule has 0 saturated heterocycles. The van der Waals surface area contributed by atoms with Gasteiger partial charge in [-0.15, -0.1) is 0 Å². The predicted octanol–water partition coefficient (Wildman–Crippen LogP) is 5.48. The predicted molar refractivity (Wildman–Crippen MR) is 108 cm³/mol. The van der Waals surface area contributed by atoms with Gasteiger partial charge in [-0.2, -0.15) is 0 Å². The van der Waals surface area contributed by atoms with E-state index in [0.717, 1.165) is 24.5 Å². The topological polar surface area (TPSA) is 29.5 Å². The number of benzene rings is 2. The molecular formula is C25H30O2. The van der Waals surface area contributed by atoms with Crippen LogP contribution in [0.1, 0.15) is 61.6 Å². The Hall–Kier alpha value is -1.80. The number of rotatable bonds is 3. The Labute approximate surface area is 162 Å². The van der Waals surface area contributed by atoms with Gasteiger partial charge >= 0.3 is 0 Å². The van der Waals surface area contributed by atoms with Crippen molar-refractivity contribution in [3.8, 4) is 5.75 Å². The van der Waals surface area contributed by atoms with Gasteiger partial charge in [-0.1, -0.05) is 43.3 Å². The molecule has 2 heteroatoms. The van der Waals surface area contributed by atoms with Crippen molar-refractivity contribution in [2.24, 2.45) is 17.3 Å². The Bertz CT molecular complexity index is 814. The van der Waals surface area contributed by atoms with Crippen molar-refractivity contribution >= 4 is 0 Å². The molecule has 0 aromatic heterocycles. The van der Waals surface area contributed by atoms with E-state index in [1.54, 1.807) is 5.56 Å². The van der Waals surface area contributed by atoms with Gasteiger partial charge in [0.2, 0.25) is 0 Å². The van der Waals surface area contributed by atoms with Crippen LogP contribution < -0.4 is 4.74 Å². The van der Waals surface area contributed by atoms with Crippen LogP contribution >= 0.6 is 0 Å². The highest BCUT2D eigenvalue weighted by Gasteiger charge is 2.54. The first-order chi connectivity index (χ1) is 13.1. The summed E-state index contributed by atoms with van der Waals surface area (Å²) in [5.41, 5.74) is 4.42. The SMILES string of the molecule is C[C@]12CCC3c4ccc(OCc5ccccc5)cc4CCC3C1CC[C@H]2O. The molecule has 27 heavy (non-hydrogen) atoms. The highest BCUT2D eigenvalue weighted by molar-refractivity contribution is 5.41. The molecule has 2 saturated carbocycles. The molecular weight excluding hydrogens is 332 g/mol. The number of aryl methyl sites for hydroxylation is 1. The second-order valence-electron chi connectivity index (χ2n) is 9.19. The molecule has 3 aliphatic rings.